The molecule has 3 rings (SSSR count). The number of fused-ring (bicyclic) bond motifs is 2. The molecule has 2 bridgehead atoms. The van der Waals surface area contributed by atoms with Crippen LogP contribution in [0.3, 0.4) is 0 Å². The fraction of sp³-hybridized carbons (Fsp3) is 0.556. The standard InChI is InChI=1S/C18H25NO/c1-13(18-12-15-6-7-16(18)10-15)19-9-8-14-4-3-5-17(11-14)20-2/h3-7,11,13,15-16,18-19H,8-10,12H2,1-2H3. The summed E-state index contributed by atoms with van der Waals surface area (Å²) in [6.45, 7) is 3.40. The normalized spacial score (nSPS) is 28.8. The molecule has 20 heavy (non-hydrogen) atoms. The average Bonchev–Trinajstić information content (AvgIpc) is 3.10. The SMILES string of the molecule is COc1cccc(CCNC(C)C2CC3C=CC2C3)c1. The van der Waals surface area contributed by atoms with Crippen LogP contribution in [-0.4, -0.2) is 19.7 Å². The molecule has 1 aromatic rings. The van der Waals surface area contributed by atoms with Gasteiger partial charge in [0.15, 0.2) is 0 Å². The van der Waals surface area contributed by atoms with Crippen molar-refractivity contribution in [3.05, 3.63) is 42.0 Å². The highest BCUT2D eigenvalue weighted by Gasteiger charge is 2.38. The van der Waals surface area contributed by atoms with E-state index in [2.05, 4.69) is 42.6 Å². The molecule has 0 saturated heterocycles. The molecule has 108 valence electrons. The predicted molar refractivity (Wildman–Crippen MR) is 83.0 cm³/mol. The summed E-state index contributed by atoms with van der Waals surface area (Å²) in [6.07, 6.45) is 8.71. The Morgan fingerprint density at radius 1 is 1.30 bits per heavy atom. The minimum absolute atomic E-state index is 0.626. The van der Waals surface area contributed by atoms with Crippen LogP contribution in [0, 0.1) is 17.8 Å². The lowest BCUT2D eigenvalue weighted by atomic mass is 9.87. The Labute approximate surface area is 122 Å². The third-order valence-electron chi connectivity index (χ3n) is 4.99. The number of methoxy groups -OCH3 is 1. The Bertz CT molecular complexity index is 482. The van der Waals surface area contributed by atoms with Crippen LogP contribution in [0.5, 0.6) is 5.75 Å². The molecule has 4 atom stereocenters. The van der Waals surface area contributed by atoms with Crippen molar-refractivity contribution in [2.75, 3.05) is 13.7 Å². The lowest BCUT2D eigenvalue weighted by molar-refractivity contribution is 0.329. The first-order chi connectivity index (χ1) is 9.76. The molecule has 0 spiro atoms. The molecule has 1 aromatic carbocycles. The molecular weight excluding hydrogens is 246 g/mol. The van der Waals surface area contributed by atoms with Crippen LogP contribution in [0.2, 0.25) is 0 Å². The third kappa shape index (κ3) is 2.90. The van der Waals surface area contributed by atoms with Crippen LogP contribution in [0.4, 0.5) is 0 Å². The maximum Gasteiger partial charge on any atom is 0.119 e. The fourth-order valence-electron chi connectivity index (χ4n) is 3.82. The largest absolute Gasteiger partial charge is 0.497 e. The Balaban J connectivity index is 1.46. The lowest BCUT2D eigenvalue weighted by Crippen LogP contribution is -2.36. The van der Waals surface area contributed by atoms with E-state index in [4.69, 9.17) is 4.74 Å². The van der Waals surface area contributed by atoms with Gasteiger partial charge in [-0.1, -0.05) is 24.3 Å². The van der Waals surface area contributed by atoms with Gasteiger partial charge in [-0.3, -0.25) is 0 Å². The summed E-state index contributed by atoms with van der Waals surface area (Å²) < 4.78 is 5.27. The van der Waals surface area contributed by atoms with Crippen molar-refractivity contribution in [3.8, 4) is 5.75 Å². The fourth-order valence-corrected chi connectivity index (χ4v) is 3.82. The van der Waals surface area contributed by atoms with Gasteiger partial charge in [-0.15, -0.1) is 0 Å². The van der Waals surface area contributed by atoms with Crippen molar-refractivity contribution in [2.45, 2.75) is 32.2 Å². The molecule has 0 aromatic heterocycles. The summed E-state index contributed by atoms with van der Waals surface area (Å²) in [4.78, 5) is 0. The van der Waals surface area contributed by atoms with Crippen LogP contribution >= 0.6 is 0 Å². The Morgan fingerprint density at radius 3 is 2.90 bits per heavy atom. The van der Waals surface area contributed by atoms with E-state index >= 15 is 0 Å². The van der Waals surface area contributed by atoms with Crippen LogP contribution in [-0.2, 0) is 6.42 Å². The van der Waals surface area contributed by atoms with Gasteiger partial charge in [0.05, 0.1) is 7.11 Å². The van der Waals surface area contributed by atoms with E-state index in [9.17, 15) is 0 Å². The summed E-state index contributed by atoms with van der Waals surface area (Å²) in [5.41, 5.74) is 1.34. The summed E-state index contributed by atoms with van der Waals surface area (Å²) >= 11 is 0. The summed E-state index contributed by atoms with van der Waals surface area (Å²) in [5, 5.41) is 3.72. The van der Waals surface area contributed by atoms with E-state index in [1.807, 2.05) is 6.07 Å². The molecule has 2 nitrogen and oxygen atoms in total. The van der Waals surface area contributed by atoms with E-state index in [1.165, 1.54) is 18.4 Å². The molecule has 2 aliphatic rings. The summed E-state index contributed by atoms with van der Waals surface area (Å²) in [5.74, 6) is 3.50. The molecule has 0 heterocycles. The first-order valence-electron chi connectivity index (χ1n) is 7.81. The molecule has 0 aliphatic heterocycles. The van der Waals surface area contributed by atoms with Gasteiger partial charge in [0, 0.05) is 6.04 Å². The van der Waals surface area contributed by atoms with Gasteiger partial charge in [-0.25, -0.2) is 0 Å². The second-order valence-corrected chi connectivity index (χ2v) is 6.29. The molecule has 0 amide bonds. The number of nitrogens with one attached hydrogen (secondary N) is 1. The van der Waals surface area contributed by atoms with Gasteiger partial charge in [0.1, 0.15) is 5.75 Å². The van der Waals surface area contributed by atoms with Gasteiger partial charge in [0.25, 0.3) is 0 Å². The van der Waals surface area contributed by atoms with E-state index in [1.54, 1.807) is 7.11 Å². The Morgan fingerprint density at radius 2 is 2.20 bits per heavy atom. The Kier molecular flexibility index (Phi) is 4.11. The second kappa shape index (κ2) is 6.01. The maximum atomic E-state index is 5.27. The average molecular weight is 271 g/mol. The van der Waals surface area contributed by atoms with Crippen molar-refractivity contribution in [2.24, 2.45) is 17.8 Å². The zero-order valence-electron chi connectivity index (χ0n) is 12.5. The van der Waals surface area contributed by atoms with Crippen LogP contribution in [0.25, 0.3) is 0 Å². The minimum atomic E-state index is 0.626. The minimum Gasteiger partial charge on any atom is -0.497 e. The van der Waals surface area contributed by atoms with Crippen molar-refractivity contribution in [3.63, 3.8) is 0 Å². The lowest BCUT2D eigenvalue weighted by Gasteiger charge is -2.26. The molecule has 1 saturated carbocycles. The van der Waals surface area contributed by atoms with E-state index in [0.29, 0.717) is 6.04 Å². The first-order valence-corrected chi connectivity index (χ1v) is 7.81. The van der Waals surface area contributed by atoms with Gasteiger partial charge in [-0.05, 0) is 68.2 Å². The molecular formula is C18H25NO. The van der Waals surface area contributed by atoms with Crippen molar-refractivity contribution >= 4 is 0 Å². The predicted octanol–water partition coefficient (Wildman–Crippen LogP) is 3.43. The van der Waals surface area contributed by atoms with Crippen molar-refractivity contribution in [1.82, 2.24) is 5.32 Å². The second-order valence-electron chi connectivity index (χ2n) is 6.29. The third-order valence-corrected chi connectivity index (χ3v) is 4.99. The highest BCUT2D eigenvalue weighted by molar-refractivity contribution is 5.28. The van der Waals surface area contributed by atoms with Crippen LogP contribution in [0.1, 0.15) is 25.3 Å². The molecule has 0 radical (unpaired) electrons. The van der Waals surface area contributed by atoms with Crippen molar-refractivity contribution < 1.29 is 4.74 Å². The Hall–Kier alpha value is -1.28. The van der Waals surface area contributed by atoms with E-state index < -0.39 is 0 Å². The monoisotopic (exact) mass is 271 g/mol. The van der Waals surface area contributed by atoms with E-state index in [0.717, 1.165) is 36.5 Å². The van der Waals surface area contributed by atoms with Gasteiger partial charge in [-0.2, -0.15) is 0 Å². The number of ether oxygens (including phenoxy) is 1. The number of allylic oxidation sites excluding steroid dienone is 2. The molecule has 2 aliphatic carbocycles. The zero-order chi connectivity index (χ0) is 13.9. The van der Waals surface area contributed by atoms with Gasteiger partial charge in [0.2, 0.25) is 0 Å². The van der Waals surface area contributed by atoms with Gasteiger partial charge < -0.3 is 10.1 Å². The van der Waals surface area contributed by atoms with Gasteiger partial charge >= 0.3 is 0 Å². The topological polar surface area (TPSA) is 21.3 Å². The number of rotatable bonds is 6. The van der Waals surface area contributed by atoms with E-state index in [-0.39, 0.29) is 0 Å². The smallest absolute Gasteiger partial charge is 0.119 e. The summed E-state index contributed by atoms with van der Waals surface area (Å²) in [7, 11) is 1.72. The maximum absolute atomic E-state index is 5.27. The highest BCUT2D eigenvalue weighted by Crippen LogP contribution is 2.44. The molecule has 4 unspecified atom stereocenters. The van der Waals surface area contributed by atoms with Crippen molar-refractivity contribution in [1.29, 1.82) is 0 Å². The highest BCUT2D eigenvalue weighted by atomic mass is 16.5. The number of hydrogen-bond donors (Lipinski definition) is 1. The number of hydrogen-bond acceptors (Lipinski definition) is 2. The zero-order valence-corrected chi connectivity index (χ0v) is 12.5. The van der Waals surface area contributed by atoms with Crippen LogP contribution in [0.15, 0.2) is 36.4 Å². The number of benzene rings is 1. The molecule has 1 fully saturated rings. The quantitative estimate of drug-likeness (QED) is 0.800. The summed E-state index contributed by atoms with van der Waals surface area (Å²) in [6, 6.07) is 9.00. The molecule has 1 N–H and O–H groups in total. The first kappa shape index (κ1) is 13.7. The molecule has 2 heteroatoms. The van der Waals surface area contributed by atoms with Crippen LogP contribution < -0.4 is 10.1 Å².